The van der Waals surface area contributed by atoms with Gasteiger partial charge in [0.1, 0.15) is 11.5 Å². The van der Waals surface area contributed by atoms with Gasteiger partial charge < -0.3 is 19.2 Å². The van der Waals surface area contributed by atoms with Gasteiger partial charge in [-0.05, 0) is 13.0 Å². The van der Waals surface area contributed by atoms with Crippen molar-refractivity contribution >= 4 is 11.9 Å². The number of carbonyl (C=O) groups excluding carboxylic acids is 1. The van der Waals surface area contributed by atoms with Crippen molar-refractivity contribution in [1.82, 2.24) is 4.90 Å². The van der Waals surface area contributed by atoms with Crippen LogP contribution >= 0.6 is 0 Å². The minimum atomic E-state index is -1.05. The molecule has 0 radical (unpaired) electrons. The van der Waals surface area contributed by atoms with E-state index in [2.05, 4.69) is 0 Å². The van der Waals surface area contributed by atoms with Crippen molar-refractivity contribution in [1.29, 1.82) is 0 Å². The van der Waals surface area contributed by atoms with E-state index in [0.29, 0.717) is 17.9 Å². The zero-order chi connectivity index (χ0) is 14.9. The summed E-state index contributed by atoms with van der Waals surface area (Å²) in [6.07, 6.45) is 0. The molecule has 0 saturated carbocycles. The van der Waals surface area contributed by atoms with Crippen molar-refractivity contribution in [3.63, 3.8) is 0 Å². The monoisotopic (exact) mass is 281 g/mol. The van der Waals surface area contributed by atoms with Crippen molar-refractivity contribution < 1.29 is 23.8 Å². The van der Waals surface area contributed by atoms with Gasteiger partial charge in [-0.2, -0.15) is 0 Å². The largest absolute Gasteiger partial charge is 0.480 e. The number of aryl methyl sites for hydroxylation is 1. The van der Waals surface area contributed by atoms with Gasteiger partial charge >= 0.3 is 5.97 Å². The van der Waals surface area contributed by atoms with Crippen LogP contribution in [0.2, 0.25) is 0 Å². The summed E-state index contributed by atoms with van der Waals surface area (Å²) in [4.78, 5) is 25.1. The highest BCUT2D eigenvalue weighted by molar-refractivity contribution is 5.97. The van der Waals surface area contributed by atoms with Crippen LogP contribution in [0, 0.1) is 6.92 Å². The number of rotatable bonds is 3. The minimum absolute atomic E-state index is 0.0228. The Kier molecular flexibility index (Phi) is 4.13. The Bertz CT molecular complexity index is 520. The van der Waals surface area contributed by atoms with Crippen molar-refractivity contribution in [3.8, 4) is 0 Å². The zero-order valence-electron chi connectivity index (χ0n) is 11.9. The lowest BCUT2D eigenvalue weighted by molar-refractivity contribution is -0.147. The number of hydrogen-bond acceptors (Lipinski definition) is 4. The standard InChI is InChI=1S/C14H19NO5/c1-8(2)12-6-10(9(3)20-12)13(16)15-4-5-19-7-11(15)14(17)18/h6,8,11H,4-5,7H2,1-3H3,(H,17,18). The van der Waals surface area contributed by atoms with Crippen LogP contribution in [0.4, 0.5) is 0 Å². The van der Waals surface area contributed by atoms with E-state index < -0.39 is 12.0 Å². The lowest BCUT2D eigenvalue weighted by atomic mass is 10.1. The Balaban J connectivity index is 2.27. The minimum Gasteiger partial charge on any atom is -0.480 e. The summed E-state index contributed by atoms with van der Waals surface area (Å²) in [6.45, 7) is 6.31. The number of ether oxygens (including phenoxy) is 1. The second-order valence-corrected chi connectivity index (χ2v) is 5.20. The van der Waals surface area contributed by atoms with E-state index >= 15 is 0 Å². The van der Waals surface area contributed by atoms with Crippen LogP contribution in [-0.2, 0) is 9.53 Å². The van der Waals surface area contributed by atoms with E-state index in [1.54, 1.807) is 13.0 Å². The molecule has 20 heavy (non-hydrogen) atoms. The fraction of sp³-hybridized carbons (Fsp3) is 0.571. The third kappa shape index (κ3) is 2.70. The molecular formula is C14H19NO5. The molecule has 1 unspecified atom stereocenters. The Hall–Kier alpha value is -1.82. The first kappa shape index (κ1) is 14.6. The summed E-state index contributed by atoms with van der Waals surface area (Å²) >= 11 is 0. The number of carboxylic acid groups (broad SMARTS) is 1. The average Bonchev–Trinajstić information content (AvgIpc) is 2.80. The molecule has 2 rings (SSSR count). The molecule has 1 aliphatic rings. The molecule has 1 fully saturated rings. The fourth-order valence-electron chi connectivity index (χ4n) is 2.21. The molecule has 0 aliphatic carbocycles. The van der Waals surface area contributed by atoms with Gasteiger partial charge in [-0.15, -0.1) is 0 Å². The van der Waals surface area contributed by atoms with Crippen LogP contribution in [0.5, 0.6) is 0 Å². The Morgan fingerprint density at radius 1 is 1.45 bits per heavy atom. The second-order valence-electron chi connectivity index (χ2n) is 5.20. The highest BCUT2D eigenvalue weighted by Crippen LogP contribution is 2.24. The summed E-state index contributed by atoms with van der Waals surface area (Å²) in [6, 6.07) is 0.768. The molecular weight excluding hydrogens is 262 g/mol. The van der Waals surface area contributed by atoms with Gasteiger partial charge in [0.2, 0.25) is 0 Å². The van der Waals surface area contributed by atoms with E-state index in [9.17, 15) is 9.59 Å². The normalized spacial score (nSPS) is 19.4. The van der Waals surface area contributed by atoms with Gasteiger partial charge in [0, 0.05) is 12.5 Å². The summed E-state index contributed by atoms with van der Waals surface area (Å²) in [5, 5.41) is 9.17. The molecule has 1 atom stereocenters. The van der Waals surface area contributed by atoms with Crippen molar-refractivity contribution in [2.45, 2.75) is 32.7 Å². The zero-order valence-corrected chi connectivity index (χ0v) is 11.9. The Labute approximate surface area is 117 Å². The molecule has 6 heteroatoms. The molecule has 1 aromatic rings. The molecule has 1 N–H and O–H groups in total. The summed E-state index contributed by atoms with van der Waals surface area (Å²) in [5.41, 5.74) is 0.432. The lowest BCUT2D eigenvalue weighted by Gasteiger charge is -2.32. The highest BCUT2D eigenvalue weighted by Gasteiger charge is 2.34. The van der Waals surface area contributed by atoms with Gasteiger partial charge in [-0.25, -0.2) is 4.79 Å². The molecule has 1 aromatic heterocycles. The summed E-state index contributed by atoms with van der Waals surface area (Å²) in [7, 11) is 0. The number of morpholine rings is 1. The van der Waals surface area contributed by atoms with Crippen LogP contribution < -0.4 is 0 Å². The SMILES string of the molecule is Cc1oc(C(C)C)cc1C(=O)N1CCOCC1C(=O)O. The molecule has 1 saturated heterocycles. The molecule has 0 bridgehead atoms. The van der Waals surface area contributed by atoms with Gasteiger partial charge in [0.25, 0.3) is 5.91 Å². The van der Waals surface area contributed by atoms with Crippen LogP contribution in [0.15, 0.2) is 10.5 Å². The predicted octanol–water partition coefficient (Wildman–Crippen LogP) is 1.64. The average molecular weight is 281 g/mol. The first-order valence-corrected chi connectivity index (χ1v) is 6.63. The molecule has 1 amide bonds. The molecule has 6 nitrogen and oxygen atoms in total. The van der Waals surface area contributed by atoms with Crippen molar-refractivity contribution in [3.05, 3.63) is 23.2 Å². The van der Waals surface area contributed by atoms with E-state index in [4.69, 9.17) is 14.3 Å². The van der Waals surface area contributed by atoms with Crippen LogP contribution in [0.1, 0.15) is 41.6 Å². The number of carbonyl (C=O) groups is 2. The predicted molar refractivity (Wildman–Crippen MR) is 70.8 cm³/mol. The highest BCUT2D eigenvalue weighted by atomic mass is 16.5. The number of hydrogen-bond donors (Lipinski definition) is 1. The number of nitrogens with zero attached hydrogens (tertiary/aromatic N) is 1. The number of carboxylic acids is 1. The van der Waals surface area contributed by atoms with E-state index in [0.717, 1.165) is 5.76 Å². The third-order valence-corrected chi connectivity index (χ3v) is 3.41. The maximum Gasteiger partial charge on any atom is 0.328 e. The van der Waals surface area contributed by atoms with Crippen molar-refractivity contribution in [2.24, 2.45) is 0 Å². The van der Waals surface area contributed by atoms with E-state index in [1.165, 1.54) is 4.90 Å². The maximum atomic E-state index is 12.5. The van der Waals surface area contributed by atoms with E-state index in [-0.39, 0.29) is 25.0 Å². The third-order valence-electron chi connectivity index (χ3n) is 3.41. The number of aliphatic carboxylic acids is 1. The van der Waals surface area contributed by atoms with Crippen molar-refractivity contribution in [2.75, 3.05) is 19.8 Å². The van der Waals surface area contributed by atoms with Gasteiger partial charge in [-0.1, -0.05) is 13.8 Å². The first-order chi connectivity index (χ1) is 9.41. The van der Waals surface area contributed by atoms with Gasteiger partial charge in [0.15, 0.2) is 6.04 Å². The Morgan fingerprint density at radius 2 is 2.15 bits per heavy atom. The summed E-state index contributed by atoms with van der Waals surface area (Å²) in [5.74, 6) is 0.0626. The second kappa shape index (κ2) is 5.66. The van der Waals surface area contributed by atoms with Crippen LogP contribution in [-0.4, -0.2) is 47.7 Å². The molecule has 1 aliphatic heterocycles. The van der Waals surface area contributed by atoms with E-state index in [1.807, 2.05) is 13.8 Å². The molecule has 2 heterocycles. The fourth-order valence-corrected chi connectivity index (χ4v) is 2.21. The number of furan rings is 1. The van der Waals surface area contributed by atoms with Gasteiger partial charge in [-0.3, -0.25) is 4.79 Å². The number of amides is 1. The topological polar surface area (TPSA) is 80.0 Å². The quantitative estimate of drug-likeness (QED) is 0.911. The molecule has 110 valence electrons. The van der Waals surface area contributed by atoms with Crippen LogP contribution in [0.25, 0.3) is 0 Å². The Morgan fingerprint density at radius 3 is 2.70 bits per heavy atom. The molecule has 0 spiro atoms. The summed E-state index contributed by atoms with van der Waals surface area (Å²) < 4.78 is 10.7. The lowest BCUT2D eigenvalue weighted by Crippen LogP contribution is -2.52. The van der Waals surface area contributed by atoms with Crippen LogP contribution in [0.3, 0.4) is 0 Å². The molecule has 0 aromatic carbocycles. The smallest absolute Gasteiger partial charge is 0.328 e. The first-order valence-electron chi connectivity index (χ1n) is 6.63. The maximum absolute atomic E-state index is 12.5. The van der Waals surface area contributed by atoms with Gasteiger partial charge in [0.05, 0.1) is 18.8 Å².